The average molecular weight is 480 g/mol. The topological polar surface area (TPSA) is 63.5 Å². The molecule has 184 valence electrons. The van der Waals surface area contributed by atoms with E-state index in [0.717, 1.165) is 86.0 Å². The summed E-state index contributed by atoms with van der Waals surface area (Å²) in [4.78, 5) is 24.9. The monoisotopic (exact) mass is 479 g/mol. The molecule has 2 aromatic carbocycles. The molecule has 2 saturated heterocycles. The second-order valence-electron chi connectivity index (χ2n) is 9.98. The van der Waals surface area contributed by atoms with Crippen LogP contribution in [-0.4, -0.2) is 60.0 Å². The summed E-state index contributed by atoms with van der Waals surface area (Å²) in [7, 11) is 0. The molecular weight excluding hydrogens is 446 g/mol. The van der Waals surface area contributed by atoms with Crippen molar-refractivity contribution in [3.63, 3.8) is 0 Å². The first-order valence-electron chi connectivity index (χ1n) is 12.8. The van der Waals surface area contributed by atoms with Gasteiger partial charge in [-0.2, -0.15) is 5.26 Å². The average Bonchev–Trinajstić information content (AvgIpc) is 3.40. The van der Waals surface area contributed by atoms with Gasteiger partial charge in [0, 0.05) is 68.7 Å². The smallest absolute Gasteiger partial charge is 0.254 e. The van der Waals surface area contributed by atoms with E-state index in [1.54, 1.807) is 0 Å². The van der Waals surface area contributed by atoms with Gasteiger partial charge in [-0.25, -0.2) is 0 Å². The molecule has 1 aromatic heterocycles. The molecule has 36 heavy (non-hydrogen) atoms. The molecule has 0 aliphatic carbocycles. The lowest BCUT2D eigenvalue weighted by atomic mass is 10.0. The van der Waals surface area contributed by atoms with Gasteiger partial charge in [-0.15, -0.1) is 0 Å². The summed E-state index contributed by atoms with van der Waals surface area (Å²) in [5.41, 5.74) is 6.88. The van der Waals surface area contributed by atoms with Crippen LogP contribution in [0.2, 0.25) is 0 Å². The molecule has 6 heteroatoms. The maximum atomic E-state index is 13.5. The molecule has 2 aliphatic rings. The Morgan fingerprint density at radius 2 is 1.81 bits per heavy atom. The lowest BCUT2D eigenvalue weighted by molar-refractivity contribution is 0.0789. The standard InChI is InChI=1S/C30H33N5O/c1-22-10-11-24(20-33-14-16-34(17-15-33)29-9-4-3-7-25(29)19-31)18-27(22)30(36)35-13-12-26(21-35)28-8-5-6-23(2)32-28/h3-11,18,26H,12-17,20-21H2,1-2H3. The molecule has 6 nitrogen and oxygen atoms in total. The van der Waals surface area contributed by atoms with E-state index in [4.69, 9.17) is 0 Å². The van der Waals surface area contributed by atoms with E-state index >= 15 is 0 Å². The Bertz CT molecular complexity index is 1290. The molecular formula is C30H33N5O. The lowest BCUT2D eigenvalue weighted by Crippen LogP contribution is -2.46. The predicted octanol–water partition coefficient (Wildman–Crippen LogP) is 4.52. The van der Waals surface area contributed by atoms with Crippen molar-refractivity contribution in [2.75, 3.05) is 44.2 Å². The van der Waals surface area contributed by atoms with Crippen LogP contribution < -0.4 is 4.90 Å². The van der Waals surface area contributed by atoms with Gasteiger partial charge in [0.1, 0.15) is 6.07 Å². The number of carbonyl (C=O) groups excluding carboxylic acids is 1. The van der Waals surface area contributed by atoms with Crippen molar-refractivity contribution in [2.24, 2.45) is 0 Å². The summed E-state index contributed by atoms with van der Waals surface area (Å²) < 4.78 is 0. The highest BCUT2D eigenvalue weighted by Crippen LogP contribution is 2.28. The quantitative estimate of drug-likeness (QED) is 0.538. The third-order valence-electron chi connectivity index (χ3n) is 7.48. The zero-order valence-corrected chi connectivity index (χ0v) is 21.2. The SMILES string of the molecule is Cc1cccc(C2CCN(C(=O)c3cc(CN4CCN(c5ccccc5C#N)CC4)ccc3C)C2)n1. The molecule has 0 bridgehead atoms. The van der Waals surface area contributed by atoms with Crippen molar-refractivity contribution in [1.29, 1.82) is 5.26 Å². The molecule has 2 aliphatic heterocycles. The molecule has 1 amide bonds. The van der Waals surface area contributed by atoms with Crippen molar-refractivity contribution in [1.82, 2.24) is 14.8 Å². The molecule has 5 rings (SSSR count). The van der Waals surface area contributed by atoms with E-state index < -0.39 is 0 Å². The van der Waals surface area contributed by atoms with Gasteiger partial charge >= 0.3 is 0 Å². The Labute approximate surface area is 213 Å². The van der Waals surface area contributed by atoms with Gasteiger partial charge in [0.15, 0.2) is 0 Å². The Morgan fingerprint density at radius 3 is 2.58 bits per heavy atom. The summed E-state index contributed by atoms with van der Waals surface area (Å²) in [6, 6.07) is 22.6. The summed E-state index contributed by atoms with van der Waals surface area (Å²) >= 11 is 0. The van der Waals surface area contributed by atoms with Gasteiger partial charge < -0.3 is 9.80 Å². The number of anilines is 1. The summed E-state index contributed by atoms with van der Waals surface area (Å²) in [5.74, 6) is 0.433. The van der Waals surface area contributed by atoms with Crippen molar-refractivity contribution in [3.05, 3.63) is 94.3 Å². The number of aromatic nitrogens is 1. The minimum atomic E-state index is 0.127. The van der Waals surface area contributed by atoms with Crippen molar-refractivity contribution in [3.8, 4) is 6.07 Å². The molecule has 3 aromatic rings. The normalized spacial score (nSPS) is 18.3. The van der Waals surface area contributed by atoms with Crippen LogP contribution in [0.1, 0.15) is 50.8 Å². The third kappa shape index (κ3) is 5.12. The maximum Gasteiger partial charge on any atom is 0.254 e. The second kappa shape index (κ2) is 10.5. The second-order valence-corrected chi connectivity index (χ2v) is 9.98. The molecule has 1 unspecified atom stereocenters. The predicted molar refractivity (Wildman–Crippen MR) is 142 cm³/mol. The van der Waals surface area contributed by atoms with Crippen LogP contribution in [-0.2, 0) is 6.54 Å². The molecule has 0 radical (unpaired) electrons. The van der Waals surface area contributed by atoms with Crippen LogP contribution in [0.3, 0.4) is 0 Å². The highest BCUT2D eigenvalue weighted by Gasteiger charge is 2.29. The van der Waals surface area contributed by atoms with Crippen LogP contribution in [0.15, 0.2) is 60.7 Å². The summed E-state index contributed by atoms with van der Waals surface area (Å²) in [5, 5.41) is 9.43. The van der Waals surface area contributed by atoms with Gasteiger partial charge in [0.05, 0.1) is 11.3 Å². The minimum absolute atomic E-state index is 0.127. The first kappa shape index (κ1) is 24.0. The fraction of sp³-hybridized carbons (Fsp3) is 0.367. The Kier molecular flexibility index (Phi) is 7.02. The number of hydrogen-bond acceptors (Lipinski definition) is 5. The summed E-state index contributed by atoms with van der Waals surface area (Å²) in [6.45, 7) is 9.99. The van der Waals surface area contributed by atoms with Gasteiger partial charge in [-0.05, 0) is 61.7 Å². The van der Waals surface area contributed by atoms with E-state index in [-0.39, 0.29) is 5.91 Å². The zero-order valence-electron chi connectivity index (χ0n) is 21.2. The van der Waals surface area contributed by atoms with Crippen LogP contribution in [0.5, 0.6) is 0 Å². The summed E-state index contributed by atoms with van der Waals surface area (Å²) in [6.07, 6.45) is 0.958. The number of amides is 1. The van der Waals surface area contributed by atoms with E-state index in [9.17, 15) is 10.1 Å². The lowest BCUT2D eigenvalue weighted by Gasteiger charge is -2.36. The van der Waals surface area contributed by atoms with Gasteiger partial charge in [0.25, 0.3) is 5.91 Å². The van der Waals surface area contributed by atoms with Crippen LogP contribution >= 0.6 is 0 Å². The number of hydrogen-bond donors (Lipinski definition) is 0. The number of rotatable bonds is 5. The highest BCUT2D eigenvalue weighted by molar-refractivity contribution is 5.96. The van der Waals surface area contributed by atoms with E-state index in [1.165, 1.54) is 5.56 Å². The number of likely N-dealkylation sites (tertiary alicyclic amines) is 1. The molecule has 3 heterocycles. The van der Waals surface area contributed by atoms with Gasteiger partial charge in [-0.3, -0.25) is 14.7 Å². The van der Waals surface area contributed by atoms with E-state index in [1.807, 2.05) is 49.1 Å². The van der Waals surface area contributed by atoms with Gasteiger partial charge in [-0.1, -0.05) is 30.3 Å². The van der Waals surface area contributed by atoms with E-state index in [2.05, 4.69) is 51.2 Å². The number of pyridine rings is 1. The fourth-order valence-corrected chi connectivity index (χ4v) is 5.39. The zero-order chi connectivity index (χ0) is 25.1. The first-order valence-corrected chi connectivity index (χ1v) is 12.8. The molecule has 0 saturated carbocycles. The molecule has 2 fully saturated rings. The number of benzene rings is 2. The largest absolute Gasteiger partial charge is 0.368 e. The van der Waals surface area contributed by atoms with Crippen molar-refractivity contribution in [2.45, 2.75) is 32.7 Å². The maximum absolute atomic E-state index is 13.5. The highest BCUT2D eigenvalue weighted by atomic mass is 16.2. The Morgan fingerprint density at radius 1 is 1.00 bits per heavy atom. The fourth-order valence-electron chi connectivity index (χ4n) is 5.39. The number of para-hydroxylation sites is 1. The molecule has 1 atom stereocenters. The number of nitrogens with zero attached hydrogens (tertiary/aromatic N) is 5. The molecule has 0 spiro atoms. The first-order chi connectivity index (χ1) is 17.5. The number of carbonyl (C=O) groups is 1. The minimum Gasteiger partial charge on any atom is -0.368 e. The Hall–Kier alpha value is -3.69. The Balaban J connectivity index is 1.22. The van der Waals surface area contributed by atoms with Crippen molar-refractivity contribution < 1.29 is 4.79 Å². The van der Waals surface area contributed by atoms with Crippen LogP contribution in [0, 0.1) is 25.2 Å². The number of piperazine rings is 1. The third-order valence-corrected chi connectivity index (χ3v) is 7.48. The van der Waals surface area contributed by atoms with Gasteiger partial charge in [0.2, 0.25) is 0 Å². The van der Waals surface area contributed by atoms with E-state index in [0.29, 0.717) is 5.92 Å². The van der Waals surface area contributed by atoms with Crippen molar-refractivity contribution >= 4 is 11.6 Å². The van der Waals surface area contributed by atoms with Crippen LogP contribution in [0.4, 0.5) is 5.69 Å². The number of nitriles is 1. The molecule has 0 N–H and O–H groups in total. The van der Waals surface area contributed by atoms with Crippen LogP contribution in [0.25, 0.3) is 0 Å². The number of aryl methyl sites for hydroxylation is 2.